The number of carbonyl (C=O) groups is 1. The van der Waals surface area contributed by atoms with E-state index in [1.165, 1.54) is 23.0 Å². The number of amides is 1. The minimum Gasteiger partial charge on any atom is -0.339 e. The molecule has 0 unspecified atom stereocenters. The fourth-order valence-electron chi connectivity index (χ4n) is 3.30. The lowest BCUT2D eigenvalue weighted by atomic mass is 10.00. The zero-order valence-corrected chi connectivity index (χ0v) is 17.6. The van der Waals surface area contributed by atoms with Crippen molar-refractivity contribution in [1.82, 2.24) is 19.8 Å². The van der Waals surface area contributed by atoms with Gasteiger partial charge in [0.1, 0.15) is 0 Å². The molecule has 0 atom stereocenters. The fraction of sp³-hybridized carbons (Fsp3) is 0.316. The first kappa shape index (κ1) is 19.7. The Bertz CT molecular complexity index is 1170. The van der Waals surface area contributed by atoms with E-state index in [4.69, 9.17) is 4.52 Å². The van der Waals surface area contributed by atoms with E-state index in [-0.39, 0.29) is 17.3 Å². The van der Waals surface area contributed by atoms with Crippen molar-refractivity contribution in [2.75, 3.05) is 13.1 Å². The molecule has 1 aliphatic rings. The molecular formula is C19H20N4O4S2. The number of nitrogens with one attached hydrogen (secondary N) is 1. The predicted octanol–water partition coefficient (Wildman–Crippen LogP) is 2.28. The number of thiophene rings is 1. The molecule has 8 nitrogen and oxygen atoms in total. The second kappa shape index (κ2) is 7.69. The van der Waals surface area contributed by atoms with Crippen molar-refractivity contribution in [3.05, 3.63) is 52.2 Å². The van der Waals surface area contributed by atoms with E-state index in [9.17, 15) is 13.2 Å². The highest BCUT2D eigenvalue weighted by Gasteiger charge is 2.25. The highest BCUT2D eigenvalue weighted by molar-refractivity contribution is 7.89. The van der Waals surface area contributed by atoms with Crippen molar-refractivity contribution in [3.63, 3.8) is 0 Å². The number of hydrogen-bond acceptors (Lipinski definition) is 7. The van der Waals surface area contributed by atoms with Crippen LogP contribution < -0.4 is 4.72 Å². The molecule has 1 N–H and O–H groups in total. The molecule has 1 amide bonds. The number of sulfonamides is 1. The zero-order chi connectivity index (χ0) is 20.6. The van der Waals surface area contributed by atoms with Crippen LogP contribution in [-0.2, 0) is 27.8 Å². The van der Waals surface area contributed by atoms with Gasteiger partial charge in [-0.05, 0) is 30.5 Å². The molecule has 0 saturated carbocycles. The number of fused-ring (bicyclic) bond motifs is 1. The SMILES string of the molecule is Cc1nc(-c2cc(S(=O)(=O)NCC(=O)N3CCc4ccccc4C3)c(C)s2)no1. The number of aryl methyl sites for hydroxylation is 2. The van der Waals surface area contributed by atoms with Crippen molar-refractivity contribution >= 4 is 27.3 Å². The summed E-state index contributed by atoms with van der Waals surface area (Å²) in [6, 6.07) is 9.49. The van der Waals surface area contributed by atoms with Crippen molar-refractivity contribution in [2.45, 2.75) is 31.7 Å². The third kappa shape index (κ3) is 4.09. The number of carbonyl (C=O) groups excluding carboxylic acids is 1. The second-order valence-corrected chi connectivity index (χ2v) is 9.82. The lowest BCUT2D eigenvalue weighted by molar-refractivity contribution is -0.130. The Morgan fingerprint density at radius 1 is 1.28 bits per heavy atom. The first-order chi connectivity index (χ1) is 13.8. The molecule has 3 aromatic rings. The third-order valence-electron chi connectivity index (χ3n) is 4.81. The van der Waals surface area contributed by atoms with Crippen LogP contribution in [0.25, 0.3) is 10.7 Å². The summed E-state index contributed by atoms with van der Waals surface area (Å²) in [4.78, 5) is 19.7. The highest BCUT2D eigenvalue weighted by Crippen LogP contribution is 2.32. The van der Waals surface area contributed by atoms with Crippen LogP contribution in [0.2, 0.25) is 0 Å². The van der Waals surface area contributed by atoms with Gasteiger partial charge in [-0.1, -0.05) is 29.4 Å². The number of nitrogens with zero attached hydrogens (tertiary/aromatic N) is 3. The summed E-state index contributed by atoms with van der Waals surface area (Å²) in [5.41, 5.74) is 2.33. The second-order valence-electron chi connectivity index (χ2n) is 6.83. The lowest BCUT2D eigenvalue weighted by Crippen LogP contribution is -2.42. The summed E-state index contributed by atoms with van der Waals surface area (Å²) in [6.07, 6.45) is 0.770. The average Bonchev–Trinajstić information content (AvgIpc) is 3.31. The Balaban J connectivity index is 1.44. The molecular weight excluding hydrogens is 412 g/mol. The third-order valence-corrected chi connectivity index (χ3v) is 7.51. The Morgan fingerprint density at radius 3 is 2.76 bits per heavy atom. The molecule has 152 valence electrons. The van der Waals surface area contributed by atoms with Crippen LogP contribution in [0.15, 0.2) is 39.8 Å². The quantitative estimate of drug-likeness (QED) is 0.663. The van der Waals surface area contributed by atoms with Crippen LogP contribution >= 0.6 is 11.3 Å². The maximum atomic E-state index is 12.7. The number of rotatable bonds is 5. The zero-order valence-electron chi connectivity index (χ0n) is 16.0. The monoisotopic (exact) mass is 432 g/mol. The molecule has 0 radical (unpaired) electrons. The van der Waals surface area contributed by atoms with Gasteiger partial charge in [-0.2, -0.15) is 4.98 Å². The fourth-order valence-corrected chi connectivity index (χ4v) is 5.79. The number of benzene rings is 1. The predicted molar refractivity (Wildman–Crippen MR) is 108 cm³/mol. The molecule has 1 aliphatic heterocycles. The number of hydrogen-bond donors (Lipinski definition) is 1. The van der Waals surface area contributed by atoms with E-state index in [0.717, 1.165) is 12.0 Å². The van der Waals surface area contributed by atoms with Crippen LogP contribution in [-0.4, -0.2) is 42.5 Å². The van der Waals surface area contributed by atoms with E-state index in [2.05, 4.69) is 20.9 Å². The largest absolute Gasteiger partial charge is 0.339 e. The molecule has 0 fully saturated rings. The van der Waals surface area contributed by atoms with Crippen LogP contribution in [0.5, 0.6) is 0 Å². The molecule has 10 heteroatoms. The molecule has 0 saturated heterocycles. The summed E-state index contributed by atoms with van der Waals surface area (Å²) >= 11 is 1.26. The molecule has 4 rings (SSSR count). The van der Waals surface area contributed by atoms with E-state index in [1.807, 2.05) is 18.2 Å². The van der Waals surface area contributed by atoms with Gasteiger partial charge in [-0.25, -0.2) is 13.1 Å². The van der Waals surface area contributed by atoms with Gasteiger partial charge in [0.2, 0.25) is 27.6 Å². The lowest BCUT2D eigenvalue weighted by Gasteiger charge is -2.29. The van der Waals surface area contributed by atoms with Crippen molar-refractivity contribution < 1.29 is 17.7 Å². The van der Waals surface area contributed by atoms with Crippen LogP contribution in [0.3, 0.4) is 0 Å². The van der Waals surface area contributed by atoms with Gasteiger partial charge in [0.15, 0.2) is 0 Å². The van der Waals surface area contributed by atoms with Gasteiger partial charge >= 0.3 is 0 Å². The van der Waals surface area contributed by atoms with Crippen molar-refractivity contribution in [3.8, 4) is 10.7 Å². The topological polar surface area (TPSA) is 105 Å². The Kier molecular flexibility index (Phi) is 5.24. The van der Waals surface area contributed by atoms with E-state index < -0.39 is 10.0 Å². The van der Waals surface area contributed by atoms with Crippen LogP contribution in [0, 0.1) is 13.8 Å². The molecule has 2 aromatic heterocycles. The molecule has 0 spiro atoms. The van der Waals surface area contributed by atoms with E-state index in [0.29, 0.717) is 34.6 Å². The van der Waals surface area contributed by atoms with Gasteiger partial charge in [-0.15, -0.1) is 11.3 Å². The van der Waals surface area contributed by atoms with Gasteiger partial charge in [0, 0.05) is 24.9 Å². The van der Waals surface area contributed by atoms with E-state index >= 15 is 0 Å². The Morgan fingerprint density at radius 2 is 2.03 bits per heavy atom. The van der Waals surface area contributed by atoms with Crippen LogP contribution in [0.4, 0.5) is 0 Å². The summed E-state index contributed by atoms with van der Waals surface area (Å²) in [6.45, 7) is 4.17. The van der Waals surface area contributed by atoms with Gasteiger partial charge in [0.05, 0.1) is 16.3 Å². The summed E-state index contributed by atoms with van der Waals surface area (Å²) in [5, 5.41) is 3.82. The molecule has 0 bridgehead atoms. The van der Waals surface area contributed by atoms with E-state index in [1.54, 1.807) is 18.7 Å². The normalized spacial score (nSPS) is 14.1. The van der Waals surface area contributed by atoms with Crippen LogP contribution in [0.1, 0.15) is 21.9 Å². The summed E-state index contributed by atoms with van der Waals surface area (Å²) < 4.78 is 32.9. The first-order valence-corrected chi connectivity index (χ1v) is 11.4. The standard InChI is InChI=1S/C19H20N4O4S2/c1-12-17(9-16(28-12)19-21-13(2)27-22-19)29(25,26)20-10-18(24)23-8-7-14-5-3-4-6-15(14)11-23/h3-6,9,20H,7-8,10-11H2,1-2H3. The smallest absolute Gasteiger partial charge is 0.242 e. The first-order valence-electron chi connectivity index (χ1n) is 9.09. The number of aromatic nitrogens is 2. The molecule has 0 aliphatic carbocycles. The maximum absolute atomic E-state index is 12.7. The molecule has 3 heterocycles. The van der Waals surface area contributed by atoms with Crippen molar-refractivity contribution in [1.29, 1.82) is 0 Å². The summed E-state index contributed by atoms with van der Waals surface area (Å²) in [5.74, 6) is 0.507. The van der Waals surface area contributed by atoms with Gasteiger partial charge in [0.25, 0.3) is 0 Å². The Labute approximate surface area is 172 Å². The van der Waals surface area contributed by atoms with Crippen molar-refractivity contribution in [2.24, 2.45) is 0 Å². The minimum atomic E-state index is -3.84. The van der Waals surface area contributed by atoms with Gasteiger partial charge < -0.3 is 9.42 Å². The highest BCUT2D eigenvalue weighted by atomic mass is 32.2. The summed E-state index contributed by atoms with van der Waals surface area (Å²) in [7, 11) is -3.84. The van der Waals surface area contributed by atoms with Gasteiger partial charge in [-0.3, -0.25) is 4.79 Å². The molecule has 1 aromatic carbocycles. The Hall–Kier alpha value is -2.56. The maximum Gasteiger partial charge on any atom is 0.242 e. The molecule has 29 heavy (non-hydrogen) atoms. The minimum absolute atomic E-state index is 0.122. The average molecular weight is 433 g/mol.